The highest BCUT2D eigenvalue weighted by Gasteiger charge is 2.35. The molecule has 3 nitrogen and oxygen atoms in total. The number of hydrazine groups is 1. The third-order valence-electron chi connectivity index (χ3n) is 1.98. The molecule has 104 valence electrons. The van der Waals surface area contributed by atoms with Crippen LogP contribution >= 0.6 is 23.4 Å². The predicted octanol–water partition coefficient (Wildman–Crippen LogP) is 3.93. The second-order valence-electron chi connectivity index (χ2n) is 3.37. The van der Waals surface area contributed by atoms with Gasteiger partial charge in [-0.2, -0.15) is 18.4 Å². The van der Waals surface area contributed by atoms with E-state index in [-0.39, 0.29) is 11.6 Å². The van der Waals surface area contributed by atoms with Gasteiger partial charge >= 0.3 is 6.18 Å². The Morgan fingerprint density at radius 1 is 1.47 bits per heavy atom. The van der Waals surface area contributed by atoms with E-state index in [0.29, 0.717) is 6.07 Å². The third-order valence-corrected chi connectivity index (χ3v) is 2.77. The second kappa shape index (κ2) is 6.21. The van der Waals surface area contributed by atoms with Crippen LogP contribution in [0.25, 0.3) is 0 Å². The number of nitrogens with zero attached hydrogens (tertiary/aromatic N) is 2. The van der Waals surface area contributed by atoms with E-state index >= 15 is 0 Å². The van der Waals surface area contributed by atoms with Crippen molar-refractivity contribution in [3.8, 4) is 6.19 Å². The lowest BCUT2D eigenvalue weighted by molar-refractivity contribution is -0.139. The average molecular weight is 314 g/mol. The lowest BCUT2D eigenvalue weighted by Crippen LogP contribution is -2.24. The summed E-state index contributed by atoms with van der Waals surface area (Å²) in [6, 6.07) is 1.54. The lowest BCUT2D eigenvalue weighted by atomic mass is 10.2. The Balaban J connectivity index is 3.11. The van der Waals surface area contributed by atoms with Crippen LogP contribution in [0.1, 0.15) is 5.56 Å². The molecule has 0 heterocycles. The summed E-state index contributed by atoms with van der Waals surface area (Å²) in [7, 11) is 0. The lowest BCUT2D eigenvalue weighted by Gasteiger charge is -2.18. The highest BCUT2D eigenvalue weighted by atomic mass is 35.5. The van der Waals surface area contributed by atoms with Gasteiger partial charge < -0.3 is 0 Å². The van der Waals surface area contributed by atoms with Crippen LogP contribution < -0.4 is 5.43 Å². The van der Waals surface area contributed by atoms with Gasteiger partial charge in [-0.1, -0.05) is 11.6 Å². The summed E-state index contributed by atoms with van der Waals surface area (Å²) in [4.78, 5) is 0. The molecule has 0 aliphatic carbocycles. The first-order valence-electron chi connectivity index (χ1n) is 4.78. The van der Waals surface area contributed by atoms with Gasteiger partial charge in [0, 0.05) is 0 Å². The van der Waals surface area contributed by atoms with Crippen molar-refractivity contribution in [2.75, 3.05) is 17.6 Å². The molecular weight excluding hydrogens is 306 g/mol. The van der Waals surface area contributed by atoms with Gasteiger partial charge in [0.05, 0.1) is 22.2 Å². The highest BCUT2D eigenvalue weighted by molar-refractivity contribution is 7.98. The maximum Gasteiger partial charge on any atom is 0.419 e. The van der Waals surface area contributed by atoms with Crippen LogP contribution in [-0.2, 0) is 6.18 Å². The van der Waals surface area contributed by atoms with Gasteiger partial charge in [-0.25, -0.2) is 9.40 Å². The first-order valence-corrected chi connectivity index (χ1v) is 6.56. The minimum atomic E-state index is -4.86. The Morgan fingerprint density at radius 2 is 2.11 bits per heavy atom. The van der Waals surface area contributed by atoms with Gasteiger partial charge in [-0.05, 0) is 18.4 Å². The number of hydrogen-bond acceptors (Lipinski definition) is 4. The number of halogens is 5. The maximum atomic E-state index is 13.3. The van der Waals surface area contributed by atoms with Crippen LogP contribution in [-0.4, -0.2) is 17.1 Å². The summed E-state index contributed by atoms with van der Waals surface area (Å²) < 4.78 is 51.0. The number of nitrogens with one attached hydrogen (secondary N) is 1. The molecular formula is C10H8ClF4N3S. The maximum absolute atomic E-state index is 13.3. The van der Waals surface area contributed by atoms with Gasteiger partial charge in [0.25, 0.3) is 0 Å². The normalized spacial score (nSPS) is 11.0. The molecule has 9 heteroatoms. The molecule has 0 bridgehead atoms. The fourth-order valence-electron chi connectivity index (χ4n) is 1.23. The van der Waals surface area contributed by atoms with Crippen LogP contribution in [0.4, 0.5) is 23.2 Å². The van der Waals surface area contributed by atoms with E-state index < -0.39 is 22.6 Å². The van der Waals surface area contributed by atoms with Crippen molar-refractivity contribution in [3.05, 3.63) is 28.5 Å². The van der Waals surface area contributed by atoms with Gasteiger partial charge in [0.1, 0.15) is 0 Å². The number of hydrogen-bond donors (Lipinski definition) is 1. The minimum absolute atomic E-state index is 0.116. The van der Waals surface area contributed by atoms with Gasteiger partial charge in [-0.15, -0.1) is 11.8 Å². The minimum Gasteiger partial charge on any atom is -0.289 e. The molecule has 1 N–H and O–H groups in total. The summed E-state index contributed by atoms with van der Waals surface area (Å²) in [6.45, 7) is 0. The SMILES string of the molecule is CSCN(C#N)Nc1cc(Cl)c(F)c(C(F)(F)F)c1. The predicted molar refractivity (Wildman–Crippen MR) is 65.9 cm³/mol. The van der Waals surface area contributed by atoms with Crippen LogP contribution in [0.3, 0.4) is 0 Å². The smallest absolute Gasteiger partial charge is 0.289 e. The molecule has 0 saturated carbocycles. The highest BCUT2D eigenvalue weighted by Crippen LogP contribution is 2.36. The van der Waals surface area contributed by atoms with Crippen molar-refractivity contribution in [3.63, 3.8) is 0 Å². The molecule has 1 aromatic rings. The molecule has 0 radical (unpaired) electrons. The summed E-state index contributed by atoms with van der Waals surface area (Å²) in [5, 5.41) is 9.07. The fourth-order valence-corrected chi connectivity index (χ4v) is 1.83. The van der Waals surface area contributed by atoms with Crippen LogP contribution in [0.2, 0.25) is 5.02 Å². The summed E-state index contributed by atoms with van der Waals surface area (Å²) in [5.74, 6) is -1.32. The Bertz CT molecular complexity index is 501. The van der Waals surface area contributed by atoms with Crippen LogP contribution in [0.5, 0.6) is 0 Å². The molecule has 1 rings (SSSR count). The average Bonchev–Trinajstić information content (AvgIpc) is 2.31. The van der Waals surface area contributed by atoms with Crippen molar-refractivity contribution in [2.24, 2.45) is 0 Å². The van der Waals surface area contributed by atoms with E-state index in [9.17, 15) is 17.6 Å². The molecule has 0 unspecified atom stereocenters. The molecule has 0 aromatic heterocycles. The Labute approximate surface area is 116 Å². The summed E-state index contributed by atoms with van der Waals surface area (Å²) in [5.41, 5.74) is 0.812. The zero-order valence-corrected chi connectivity index (χ0v) is 11.1. The van der Waals surface area contributed by atoms with Crippen molar-refractivity contribution >= 4 is 29.1 Å². The number of rotatable bonds is 4. The third kappa shape index (κ3) is 4.08. The molecule has 0 fully saturated rings. The van der Waals surface area contributed by atoms with Gasteiger partial charge in [-0.3, -0.25) is 5.43 Å². The molecule has 1 aromatic carbocycles. The monoisotopic (exact) mass is 313 g/mol. The quantitative estimate of drug-likeness (QED) is 0.300. The van der Waals surface area contributed by atoms with Gasteiger partial charge in [0.15, 0.2) is 5.82 Å². The van der Waals surface area contributed by atoms with E-state index in [2.05, 4.69) is 5.43 Å². The molecule has 0 aliphatic heterocycles. The first kappa shape index (κ1) is 15.7. The second-order valence-corrected chi connectivity index (χ2v) is 4.62. The molecule has 0 spiro atoms. The van der Waals surface area contributed by atoms with E-state index in [4.69, 9.17) is 16.9 Å². The fraction of sp³-hybridized carbons (Fsp3) is 0.300. The molecule has 0 saturated heterocycles. The van der Waals surface area contributed by atoms with Crippen molar-refractivity contribution in [1.29, 1.82) is 5.26 Å². The van der Waals surface area contributed by atoms with E-state index in [0.717, 1.165) is 11.1 Å². The topological polar surface area (TPSA) is 39.1 Å². The Hall–Kier alpha value is -1.33. The summed E-state index contributed by atoms with van der Waals surface area (Å²) in [6.07, 6.45) is -1.42. The van der Waals surface area contributed by atoms with E-state index in [1.807, 2.05) is 0 Å². The number of alkyl halides is 3. The molecule has 19 heavy (non-hydrogen) atoms. The van der Waals surface area contributed by atoms with Crippen LogP contribution in [0.15, 0.2) is 12.1 Å². The molecule has 0 amide bonds. The molecule has 0 aliphatic rings. The number of thioether (sulfide) groups is 1. The van der Waals surface area contributed by atoms with Crippen molar-refractivity contribution in [1.82, 2.24) is 5.01 Å². The first-order chi connectivity index (χ1) is 8.79. The number of nitriles is 1. The zero-order valence-electron chi connectivity index (χ0n) is 9.55. The number of anilines is 1. The van der Waals surface area contributed by atoms with Gasteiger partial charge in [0.2, 0.25) is 6.19 Å². The Kier molecular flexibility index (Phi) is 5.14. The largest absolute Gasteiger partial charge is 0.419 e. The van der Waals surface area contributed by atoms with Crippen LogP contribution in [0, 0.1) is 17.3 Å². The molecule has 0 atom stereocenters. The zero-order chi connectivity index (χ0) is 14.6. The number of benzene rings is 1. The standard InChI is InChI=1S/C10H8ClF4N3S/c1-19-5-18(4-16)17-6-2-7(10(13,14)15)9(12)8(11)3-6/h2-3,17H,5H2,1H3. The Morgan fingerprint density at radius 3 is 2.58 bits per heavy atom. The van der Waals surface area contributed by atoms with Crippen molar-refractivity contribution in [2.45, 2.75) is 6.18 Å². The van der Waals surface area contributed by atoms with E-state index in [1.54, 1.807) is 12.4 Å². The summed E-state index contributed by atoms with van der Waals surface area (Å²) >= 11 is 6.69. The van der Waals surface area contributed by atoms with Crippen molar-refractivity contribution < 1.29 is 17.6 Å². The van der Waals surface area contributed by atoms with E-state index in [1.165, 1.54) is 11.8 Å².